The van der Waals surface area contributed by atoms with Crippen LogP contribution in [0.3, 0.4) is 0 Å². The van der Waals surface area contributed by atoms with Crippen LogP contribution in [0.2, 0.25) is 0 Å². The number of pyridine rings is 1. The molecule has 7 nitrogen and oxygen atoms in total. The quantitative estimate of drug-likeness (QED) is 0.667. The lowest BCUT2D eigenvalue weighted by molar-refractivity contribution is -0.119. The van der Waals surface area contributed by atoms with Crippen LogP contribution < -0.4 is 10.1 Å². The van der Waals surface area contributed by atoms with E-state index in [2.05, 4.69) is 10.3 Å². The van der Waals surface area contributed by atoms with Crippen molar-refractivity contribution in [2.75, 3.05) is 6.54 Å². The number of carbonyl (C=O) groups excluding carboxylic acids is 2. The number of ether oxygens (including phenoxy) is 1. The van der Waals surface area contributed by atoms with Crippen LogP contribution in [0.15, 0.2) is 71.4 Å². The lowest BCUT2D eigenvalue weighted by atomic mass is 10.2. The Hall–Kier alpha value is -3.61. The van der Waals surface area contributed by atoms with Crippen molar-refractivity contribution in [3.63, 3.8) is 0 Å². The fourth-order valence-electron chi connectivity index (χ4n) is 3.26. The molecule has 1 aliphatic rings. The molecule has 1 aliphatic heterocycles. The molecule has 0 radical (unpaired) electrons. The minimum absolute atomic E-state index is 0.0165. The second kappa shape index (κ2) is 8.60. The molecule has 0 bridgehead atoms. The second-order valence-corrected chi connectivity index (χ2v) is 6.88. The predicted molar refractivity (Wildman–Crippen MR) is 105 cm³/mol. The summed E-state index contributed by atoms with van der Waals surface area (Å²) in [6, 6.07) is 16.1. The Bertz CT molecular complexity index is 972. The number of carbonyl (C=O) groups is 2. The molecule has 4 rings (SSSR count). The molecule has 0 saturated carbocycles. The zero-order valence-electron chi connectivity index (χ0n) is 15.8. The largest absolute Gasteiger partial charge is 0.426 e. The van der Waals surface area contributed by atoms with Gasteiger partial charge in [0.25, 0.3) is 11.9 Å². The van der Waals surface area contributed by atoms with Crippen LogP contribution in [0.5, 0.6) is 11.7 Å². The van der Waals surface area contributed by atoms with Crippen molar-refractivity contribution in [2.24, 2.45) is 0 Å². The van der Waals surface area contributed by atoms with E-state index in [0.29, 0.717) is 31.7 Å². The first-order valence-electron chi connectivity index (χ1n) is 9.47. The standard InChI is InChI=1S/C22H21N3O4/c26-20-8-6-17(24-20)15-25(14-16-10-12-23-13-11-16)22(27)19-7-9-21(29-19)28-18-4-2-1-3-5-18/h1-5,7,9-13,17H,6,8,14-15H2,(H,24,26)/t17-/m0/s1. The number of para-hydroxylation sites is 1. The van der Waals surface area contributed by atoms with E-state index < -0.39 is 0 Å². The third-order valence-electron chi connectivity index (χ3n) is 4.69. The van der Waals surface area contributed by atoms with Crippen molar-refractivity contribution in [2.45, 2.75) is 25.4 Å². The van der Waals surface area contributed by atoms with Gasteiger partial charge in [-0.3, -0.25) is 14.6 Å². The molecular weight excluding hydrogens is 370 g/mol. The summed E-state index contributed by atoms with van der Waals surface area (Å²) in [6.07, 6.45) is 4.57. The van der Waals surface area contributed by atoms with Gasteiger partial charge in [0.15, 0.2) is 5.76 Å². The average Bonchev–Trinajstić information content (AvgIpc) is 3.37. The fraction of sp³-hybridized carbons (Fsp3) is 0.227. The Kier molecular flexibility index (Phi) is 5.56. The first kappa shape index (κ1) is 18.7. The van der Waals surface area contributed by atoms with Crippen molar-refractivity contribution in [1.82, 2.24) is 15.2 Å². The molecule has 7 heteroatoms. The topological polar surface area (TPSA) is 84.7 Å². The number of aromatic nitrogens is 1. The summed E-state index contributed by atoms with van der Waals surface area (Å²) in [4.78, 5) is 30.4. The maximum atomic E-state index is 13.1. The summed E-state index contributed by atoms with van der Waals surface area (Å²) in [6.45, 7) is 0.797. The molecule has 0 unspecified atom stereocenters. The highest BCUT2D eigenvalue weighted by molar-refractivity contribution is 5.91. The number of amides is 2. The Morgan fingerprint density at radius 2 is 1.93 bits per heavy atom. The zero-order chi connectivity index (χ0) is 20.1. The molecule has 2 aromatic heterocycles. The minimum Gasteiger partial charge on any atom is -0.426 e. The van der Waals surface area contributed by atoms with Gasteiger partial charge in [0.2, 0.25) is 5.91 Å². The Balaban J connectivity index is 1.50. The summed E-state index contributed by atoms with van der Waals surface area (Å²) < 4.78 is 11.3. The summed E-state index contributed by atoms with van der Waals surface area (Å²) in [5.41, 5.74) is 0.949. The summed E-state index contributed by atoms with van der Waals surface area (Å²) in [7, 11) is 0. The molecule has 3 heterocycles. The van der Waals surface area contributed by atoms with Crippen molar-refractivity contribution >= 4 is 11.8 Å². The molecule has 1 saturated heterocycles. The van der Waals surface area contributed by atoms with Gasteiger partial charge in [-0.15, -0.1) is 0 Å². The molecule has 1 fully saturated rings. The zero-order valence-corrected chi connectivity index (χ0v) is 15.8. The van der Waals surface area contributed by atoms with E-state index in [-0.39, 0.29) is 29.6 Å². The van der Waals surface area contributed by atoms with Gasteiger partial charge in [0, 0.05) is 44.0 Å². The maximum Gasteiger partial charge on any atom is 0.290 e. The minimum atomic E-state index is -0.258. The molecule has 1 atom stereocenters. The highest BCUT2D eigenvalue weighted by atomic mass is 16.6. The van der Waals surface area contributed by atoms with Gasteiger partial charge in [0.1, 0.15) is 5.75 Å². The summed E-state index contributed by atoms with van der Waals surface area (Å²) in [5, 5.41) is 2.91. The van der Waals surface area contributed by atoms with Crippen LogP contribution in [0.25, 0.3) is 0 Å². The number of benzene rings is 1. The van der Waals surface area contributed by atoms with Crippen LogP contribution >= 0.6 is 0 Å². The van der Waals surface area contributed by atoms with Crippen LogP contribution in [0.4, 0.5) is 0 Å². The maximum absolute atomic E-state index is 13.1. The molecular formula is C22H21N3O4. The number of hydrogen-bond acceptors (Lipinski definition) is 5. The van der Waals surface area contributed by atoms with Crippen LogP contribution in [-0.4, -0.2) is 34.3 Å². The molecule has 29 heavy (non-hydrogen) atoms. The molecule has 0 spiro atoms. The lowest BCUT2D eigenvalue weighted by Gasteiger charge is -2.25. The summed E-state index contributed by atoms with van der Waals surface area (Å²) in [5.74, 6) is 0.823. The van der Waals surface area contributed by atoms with Gasteiger partial charge in [-0.05, 0) is 42.3 Å². The number of hydrogen-bond donors (Lipinski definition) is 1. The highest BCUT2D eigenvalue weighted by Crippen LogP contribution is 2.25. The van der Waals surface area contributed by atoms with E-state index in [1.807, 2.05) is 42.5 Å². The van der Waals surface area contributed by atoms with Crippen molar-refractivity contribution < 1.29 is 18.7 Å². The van der Waals surface area contributed by atoms with Gasteiger partial charge in [-0.1, -0.05) is 18.2 Å². The lowest BCUT2D eigenvalue weighted by Crippen LogP contribution is -2.41. The van der Waals surface area contributed by atoms with Crippen LogP contribution in [0.1, 0.15) is 29.0 Å². The Morgan fingerprint density at radius 1 is 1.14 bits per heavy atom. The molecule has 148 valence electrons. The number of nitrogens with zero attached hydrogens (tertiary/aromatic N) is 2. The van der Waals surface area contributed by atoms with E-state index in [4.69, 9.17) is 9.15 Å². The van der Waals surface area contributed by atoms with Gasteiger partial charge >= 0.3 is 0 Å². The Morgan fingerprint density at radius 3 is 2.66 bits per heavy atom. The first-order valence-corrected chi connectivity index (χ1v) is 9.47. The third-order valence-corrected chi connectivity index (χ3v) is 4.69. The smallest absolute Gasteiger partial charge is 0.290 e. The molecule has 1 aromatic carbocycles. The van der Waals surface area contributed by atoms with Gasteiger partial charge in [-0.2, -0.15) is 0 Å². The fourth-order valence-corrected chi connectivity index (χ4v) is 3.26. The van der Waals surface area contributed by atoms with Crippen molar-refractivity contribution in [1.29, 1.82) is 0 Å². The van der Waals surface area contributed by atoms with Crippen molar-refractivity contribution in [3.8, 4) is 11.7 Å². The second-order valence-electron chi connectivity index (χ2n) is 6.88. The highest BCUT2D eigenvalue weighted by Gasteiger charge is 2.27. The molecule has 1 N–H and O–H groups in total. The first-order chi connectivity index (χ1) is 14.2. The van der Waals surface area contributed by atoms with E-state index in [1.54, 1.807) is 29.4 Å². The van der Waals surface area contributed by atoms with Gasteiger partial charge < -0.3 is 19.4 Å². The van der Waals surface area contributed by atoms with E-state index >= 15 is 0 Å². The van der Waals surface area contributed by atoms with Gasteiger partial charge in [0.05, 0.1) is 0 Å². The molecule has 0 aliphatic carbocycles. The third kappa shape index (κ3) is 4.82. The van der Waals surface area contributed by atoms with Gasteiger partial charge in [-0.25, -0.2) is 0 Å². The normalized spacial score (nSPS) is 15.7. The number of furan rings is 1. The SMILES string of the molecule is O=C1CC[C@@H](CN(Cc2ccncc2)C(=O)c2ccc(Oc3ccccc3)o2)N1. The van der Waals surface area contributed by atoms with E-state index in [1.165, 1.54) is 0 Å². The van der Waals surface area contributed by atoms with Crippen LogP contribution in [-0.2, 0) is 11.3 Å². The number of rotatable bonds is 7. The average molecular weight is 391 g/mol. The van der Waals surface area contributed by atoms with Crippen LogP contribution in [0, 0.1) is 0 Å². The van der Waals surface area contributed by atoms with E-state index in [9.17, 15) is 9.59 Å². The van der Waals surface area contributed by atoms with E-state index in [0.717, 1.165) is 5.56 Å². The molecule has 3 aromatic rings. The number of nitrogens with one attached hydrogen (secondary N) is 1. The van der Waals surface area contributed by atoms with Crippen molar-refractivity contribution in [3.05, 3.63) is 78.3 Å². The molecule has 2 amide bonds. The summed E-state index contributed by atoms with van der Waals surface area (Å²) >= 11 is 0. The monoisotopic (exact) mass is 391 g/mol. The Labute approximate surface area is 168 Å². The predicted octanol–water partition coefficient (Wildman–Crippen LogP) is 3.39.